The molecule has 0 spiro atoms. The lowest BCUT2D eigenvalue weighted by Gasteiger charge is -2.06. The van der Waals surface area contributed by atoms with Crippen LogP contribution in [0.5, 0.6) is 0 Å². The van der Waals surface area contributed by atoms with Crippen LogP contribution in [0.2, 0.25) is 0 Å². The second kappa shape index (κ2) is 6.93. The van der Waals surface area contributed by atoms with E-state index in [0.717, 1.165) is 0 Å². The van der Waals surface area contributed by atoms with Crippen molar-refractivity contribution in [3.8, 4) is 5.69 Å². The molecule has 3 aromatic carbocycles. The van der Waals surface area contributed by atoms with E-state index in [1.54, 1.807) is 0 Å². The van der Waals surface area contributed by atoms with Crippen LogP contribution in [0, 0.1) is 0 Å². The van der Waals surface area contributed by atoms with Gasteiger partial charge in [0.25, 0.3) is 0 Å². The van der Waals surface area contributed by atoms with Crippen LogP contribution >= 0.6 is 0 Å². The van der Waals surface area contributed by atoms with Gasteiger partial charge in [0, 0.05) is 16.5 Å². The van der Waals surface area contributed by atoms with Gasteiger partial charge in [0.05, 0.1) is 11.0 Å². The van der Waals surface area contributed by atoms with Gasteiger partial charge in [-0.2, -0.15) is 0 Å². The lowest BCUT2D eigenvalue weighted by molar-refractivity contribution is 1.05. The average Bonchev–Trinajstić information content (AvgIpc) is 3.05. The maximum Gasteiger partial charge on any atom is 0.119 e. The Hall–Kier alpha value is -3.53. The summed E-state index contributed by atoms with van der Waals surface area (Å²) in [5, 5.41) is 2.61. The van der Waals surface area contributed by atoms with Crippen molar-refractivity contribution in [3.05, 3.63) is 97.8 Å². The maximum absolute atomic E-state index is 3.56. The van der Waals surface area contributed by atoms with Crippen molar-refractivity contribution >= 4 is 21.8 Å². The van der Waals surface area contributed by atoms with Crippen LogP contribution in [0.1, 0.15) is 0 Å². The minimum absolute atomic E-state index is 1.21. The van der Waals surface area contributed by atoms with Gasteiger partial charge in [-0.15, -0.1) is 0 Å². The summed E-state index contributed by atoms with van der Waals surface area (Å²) >= 11 is 0. The molecule has 4 nitrogen and oxygen atoms in total. The molecule has 0 aliphatic rings. The second-order valence-corrected chi connectivity index (χ2v) is 5.50. The highest BCUT2D eigenvalue weighted by Gasteiger charge is 2.10. The predicted octanol–water partition coefficient (Wildman–Crippen LogP) is 4.66. The zero-order chi connectivity index (χ0) is 16.9. The normalized spacial score (nSPS) is 10.4. The van der Waals surface area contributed by atoms with Crippen molar-refractivity contribution in [2.75, 3.05) is 0 Å². The fourth-order valence-electron chi connectivity index (χ4n) is 2.98. The predicted molar refractivity (Wildman–Crippen MR) is 101 cm³/mol. The quantitative estimate of drug-likeness (QED) is 0.450. The first-order chi connectivity index (χ1) is 12.4. The average molecular weight is 324 g/mol. The molecule has 2 aromatic heterocycles. The number of hydrogen-bond donors (Lipinski definition) is 0. The lowest BCUT2D eigenvalue weighted by Crippen LogP contribution is -1.92. The third kappa shape index (κ3) is 2.97. The van der Waals surface area contributed by atoms with Gasteiger partial charge in [-0.3, -0.25) is 0 Å². The van der Waals surface area contributed by atoms with Crippen LogP contribution in [0.25, 0.3) is 27.5 Å². The molecule has 0 aliphatic carbocycles. The van der Waals surface area contributed by atoms with Crippen molar-refractivity contribution in [3.63, 3.8) is 0 Å². The Labute approximate surface area is 145 Å². The van der Waals surface area contributed by atoms with Crippen molar-refractivity contribution in [1.82, 2.24) is 19.5 Å². The van der Waals surface area contributed by atoms with E-state index in [1.165, 1.54) is 46.5 Å². The molecule has 0 unspecified atom stereocenters. The first-order valence-corrected chi connectivity index (χ1v) is 8.04. The summed E-state index contributed by atoms with van der Waals surface area (Å²) in [6.45, 7) is 0. The molecule has 0 amide bonds. The van der Waals surface area contributed by atoms with Crippen LogP contribution in [-0.4, -0.2) is 19.5 Å². The molecule has 0 radical (unpaired) electrons. The van der Waals surface area contributed by atoms with Gasteiger partial charge in [0.2, 0.25) is 0 Å². The minimum Gasteiger partial charge on any atom is -0.309 e. The van der Waals surface area contributed by atoms with Crippen molar-refractivity contribution in [2.24, 2.45) is 0 Å². The highest BCUT2D eigenvalue weighted by atomic mass is 15.0. The fraction of sp³-hybridized carbons (Fsp3) is 0. The molecule has 2 heterocycles. The van der Waals surface area contributed by atoms with Gasteiger partial charge >= 0.3 is 0 Å². The molecule has 0 saturated carbocycles. The largest absolute Gasteiger partial charge is 0.309 e. The number of rotatable bonds is 1. The van der Waals surface area contributed by atoms with E-state index in [4.69, 9.17) is 0 Å². The molecule has 0 atom stereocenters. The van der Waals surface area contributed by atoms with E-state index in [0.29, 0.717) is 0 Å². The molecule has 0 fully saturated rings. The minimum atomic E-state index is 1.21. The third-order valence-corrected chi connectivity index (χ3v) is 3.99. The summed E-state index contributed by atoms with van der Waals surface area (Å²) < 4.78 is 2.32. The van der Waals surface area contributed by atoms with Crippen LogP contribution in [-0.2, 0) is 0 Å². The summed E-state index contributed by atoms with van der Waals surface area (Å²) in [7, 11) is 0. The third-order valence-electron chi connectivity index (χ3n) is 3.99. The summed E-state index contributed by atoms with van der Waals surface area (Å²) in [6.07, 6.45) is 4.31. The fourth-order valence-corrected chi connectivity index (χ4v) is 2.98. The van der Waals surface area contributed by atoms with Crippen LogP contribution in [0.4, 0.5) is 0 Å². The molecule has 5 rings (SSSR count). The van der Waals surface area contributed by atoms with E-state index in [9.17, 15) is 0 Å². The number of benzene rings is 3. The first kappa shape index (κ1) is 15.0. The van der Waals surface area contributed by atoms with Crippen LogP contribution in [0.3, 0.4) is 0 Å². The molecule has 0 aliphatic heterocycles. The zero-order valence-electron chi connectivity index (χ0n) is 13.5. The summed E-state index contributed by atoms with van der Waals surface area (Å²) in [4.78, 5) is 10.7. The summed E-state index contributed by atoms with van der Waals surface area (Å²) in [5.41, 5.74) is 3.73. The van der Waals surface area contributed by atoms with E-state index in [-0.39, 0.29) is 0 Å². The topological polar surface area (TPSA) is 43.6 Å². The Morgan fingerprint density at radius 3 is 1.40 bits per heavy atom. The van der Waals surface area contributed by atoms with Crippen LogP contribution in [0.15, 0.2) is 97.8 Å². The lowest BCUT2D eigenvalue weighted by atomic mass is 10.2. The molecule has 120 valence electrons. The van der Waals surface area contributed by atoms with Gasteiger partial charge in [-0.1, -0.05) is 54.6 Å². The Balaban J connectivity index is 0.000000223. The molecule has 4 heteroatoms. The van der Waals surface area contributed by atoms with Gasteiger partial charge in [0.1, 0.15) is 19.0 Å². The van der Waals surface area contributed by atoms with Crippen molar-refractivity contribution in [1.29, 1.82) is 0 Å². The first-order valence-electron chi connectivity index (χ1n) is 8.04. The Bertz CT molecular complexity index is 1010. The maximum atomic E-state index is 3.56. The summed E-state index contributed by atoms with van der Waals surface area (Å²) in [5.74, 6) is 0. The van der Waals surface area contributed by atoms with E-state index in [1.807, 2.05) is 0 Å². The number of para-hydroxylation sites is 3. The second-order valence-electron chi connectivity index (χ2n) is 5.50. The van der Waals surface area contributed by atoms with E-state index in [2.05, 4.69) is 98.4 Å². The highest BCUT2D eigenvalue weighted by Crippen LogP contribution is 2.31. The molecule has 0 saturated heterocycles. The van der Waals surface area contributed by atoms with Crippen molar-refractivity contribution < 1.29 is 0 Å². The highest BCUT2D eigenvalue weighted by molar-refractivity contribution is 6.09. The number of hydrogen-bond acceptors (Lipinski definition) is 3. The molecule has 0 bridgehead atoms. The van der Waals surface area contributed by atoms with E-state index < -0.39 is 0 Å². The van der Waals surface area contributed by atoms with E-state index >= 15 is 0 Å². The van der Waals surface area contributed by atoms with Gasteiger partial charge in [-0.05, 0) is 24.3 Å². The smallest absolute Gasteiger partial charge is 0.119 e. The number of nitrogens with zero attached hydrogens (tertiary/aromatic N) is 4. The summed E-state index contributed by atoms with van der Waals surface area (Å²) in [6, 6.07) is 27.7. The Morgan fingerprint density at radius 1 is 0.480 bits per heavy atom. The van der Waals surface area contributed by atoms with Crippen molar-refractivity contribution in [2.45, 2.75) is 0 Å². The zero-order valence-corrected chi connectivity index (χ0v) is 13.5. The molecule has 0 N–H and O–H groups in total. The van der Waals surface area contributed by atoms with Crippen LogP contribution < -0.4 is 0 Å². The van der Waals surface area contributed by atoms with Gasteiger partial charge in [0.15, 0.2) is 0 Å². The Morgan fingerprint density at radius 2 is 0.920 bits per heavy atom. The number of fused-ring (bicyclic) bond motifs is 3. The monoisotopic (exact) mass is 324 g/mol. The molecule has 25 heavy (non-hydrogen) atoms. The van der Waals surface area contributed by atoms with Gasteiger partial charge < -0.3 is 4.57 Å². The molecule has 5 aromatic rings. The molecular formula is C21H16N4. The SMILES string of the molecule is c1ccc(-n2c3ccccc3c3ccccc32)cc1.c1ncncn1. The molecular weight excluding hydrogens is 308 g/mol. The Kier molecular flexibility index (Phi) is 4.16. The number of aromatic nitrogens is 4. The standard InChI is InChI=1S/C18H13N.C3H3N3/c1-2-8-14(9-3-1)19-17-12-6-4-10-15(17)16-11-5-7-13-18(16)19;1-4-2-6-3-5-1/h1-13H;1-3H. The van der Waals surface area contributed by atoms with Gasteiger partial charge in [-0.25, -0.2) is 15.0 Å².